The Labute approximate surface area is 89.8 Å². The highest BCUT2D eigenvalue weighted by Gasteiger charge is 2.11. The Balaban J connectivity index is 2.81. The van der Waals surface area contributed by atoms with E-state index in [1.165, 1.54) is 0 Å². The molecule has 0 aliphatic rings. The van der Waals surface area contributed by atoms with Crippen LogP contribution in [-0.2, 0) is 0 Å². The molecule has 1 atom stereocenters. The summed E-state index contributed by atoms with van der Waals surface area (Å²) in [7, 11) is 1.58. The minimum Gasteiger partial charge on any atom is -0.497 e. The first-order chi connectivity index (χ1) is 7.19. The number of nitrogens with two attached hydrogens (primary N) is 2. The number of ether oxygens (including phenoxy) is 1. The smallest absolute Gasteiger partial charge is 0.119 e. The maximum absolute atomic E-state index is 9.86. The highest BCUT2D eigenvalue weighted by atomic mass is 16.5. The number of benzene rings is 1. The van der Waals surface area contributed by atoms with Crippen LogP contribution in [-0.4, -0.2) is 18.8 Å². The van der Waals surface area contributed by atoms with E-state index in [0.29, 0.717) is 30.0 Å². The average Bonchev–Trinajstić information content (AvgIpc) is 2.26. The van der Waals surface area contributed by atoms with Crippen LogP contribution in [0.15, 0.2) is 18.2 Å². The van der Waals surface area contributed by atoms with E-state index in [1.807, 2.05) is 0 Å². The van der Waals surface area contributed by atoms with E-state index >= 15 is 0 Å². The molecule has 0 fully saturated rings. The molecule has 4 heteroatoms. The molecule has 5 N–H and O–H groups in total. The van der Waals surface area contributed by atoms with Gasteiger partial charge in [0.2, 0.25) is 0 Å². The van der Waals surface area contributed by atoms with E-state index in [-0.39, 0.29) is 0 Å². The summed E-state index contributed by atoms with van der Waals surface area (Å²) in [5, 5.41) is 9.86. The Bertz CT molecular complexity index is 315. The van der Waals surface area contributed by atoms with Crippen molar-refractivity contribution < 1.29 is 9.84 Å². The van der Waals surface area contributed by atoms with Gasteiger partial charge in [0.1, 0.15) is 5.75 Å². The van der Waals surface area contributed by atoms with Gasteiger partial charge in [0, 0.05) is 11.3 Å². The van der Waals surface area contributed by atoms with Gasteiger partial charge < -0.3 is 21.3 Å². The van der Waals surface area contributed by atoms with E-state index in [4.69, 9.17) is 16.2 Å². The molecule has 0 aliphatic carbocycles. The summed E-state index contributed by atoms with van der Waals surface area (Å²) >= 11 is 0. The van der Waals surface area contributed by atoms with Crippen molar-refractivity contribution in [3.63, 3.8) is 0 Å². The van der Waals surface area contributed by atoms with Gasteiger partial charge >= 0.3 is 0 Å². The second kappa shape index (κ2) is 5.58. The molecule has 15 heavy (non-hydrogen) atoms. The first-order valence-electron chi connectivity index (χ1n) is 5.00. The van der Waals surface area contributed by atoms with Crippen LogP contribution in [0.25, 0.3) is 0 Å². The zero-order valence-electron chi connectivity index (χ0n) is 8.94. The molecule has 1 unspecified atom stereocenters. The molecular formula is C11H18N2O2. The van der Waals surface area contributed by atoms with Crippen molar-refractivity contribution in [3.05, 3.63) is 23.8 Å². The van der Waals surface area contributed by atoms with Crippen molar-refractivity contribution in [1.29, 1.82) is 0 Å². The largest absolute Gasteiger partial charge is 0.497 e. The third kappa shape index (κ3) is 3.11. The van der Waals surface area contributed by atoms with E-state index in [1.54, 1.807) is 25.3 Å². The van der Waals surface area contributed by atoms with Crippen LogP contribution in [0.1, 0.15) is 24.5 Å². The van der Waals surface area contributed by atoms with Gasteiger partial charge in [0.05, 0.1) is 13.2 Å². The third-order valence-electron chi connectivity index (χ3n) is 2.33. The van der Waals surface area contributed by atoms with Gasteiger partial charge in [-0.1, -0.05) is 0 Å². The Morgan fingerprint density at radius 1 is 1.47 bits per heavy atom. The maximum Gasteiger partial charge on any atom is 0.119 e. The van der Waals surface area contributed by atoms with Gasteiger partial charge in [-0.15, -0.1) is 0 Å². The summed E-state index contributed by atoms with van der Waals surface area (Å²) < 4.78 is 5.07. The zero-order chi connectivity index (χ0) is 11.3. The molecule has 0 radical (unpaired) electrons. The SMILES string of the molecule is COc1ccc(N)c(C(O)CCCN)c1. The fourth-order valence-electron chi connectivity index (χ4n) is 1.44. The Hall–Kier alpha value is -1.26. The zero-order valence-corrected chi connectivity index (χ0v) is 8.94. The second-order valence-corrected chi connectivity index (χ2v) is 3.44. The lowest BCUT2D eigenvalue weighted by molar-refractivity contribution is 0.166. The molecule has 0 aromatic heterocycles. The third-order valence-corrected chi connectivity index (χ3v) is 2.33. The number of aliphatic hydroxyl groups excluding tert-OH is 1. The summed E-state index contributed by atoms with van der Waals surface area (Å²) in [6, 6.07) is 5.27. The number of aliphatic hydroxyl groups is 1. The van der Waals surface area contributed by atoms with Crippen molar-refractivity contribution >= 4 is 5.69 Å². The fourth-order valence-corrected chi connectivity index (χ4v) is 1.44. The van der Waals surface area contributed by atoms with Crippen LogP contribution in [0, 0.1) is 0 Å². The molecule has 0 saturated carbocycles. The summed E-state index contributed by atoms with van der Waals surface area (Å²) in [5.41, 5.74) is 12.4. The predicted molar refractivity (Wildman–Crippen MR) is 60.7 cm³/mol. The lowest BCUT2D eigenvalue weighted by atomic mass is 10.0. The van der Waals surface area contributed by atoms with Crippen LogP contribution in [0.5, 0.6) is 5.75 Å². The van der Waals surface area contributed by atoms with Crippen LogP contribution < -0.4 is 16.2 Å². The number of anilines is 1. The fraction of sp³-hybridized carbons (Fsp3) is 0.455. The van der Waals surface area contributed by atoms with Crippen LogP contribution in [0.3, 0.4) is 0 Å². The molecule has 0 amide bonds. The van der Waals surface area contributed by atoms with Gasteiger partial charge in [-0.05, 0) is 37.6 Å². The summed E-state index contributed by atoms with van der Waals surface area (Å²) in [6.07, 6.45) is 0.828. The maximum atomic E-state index is 9.86. The highest BCUT2D eigenvalue weighted by molar-refractivity contribution is 5.51. The summed E-state index contributed by atoms with van der Waals surface area (Å²) in [6.45, 7) is 0.570. The standard InChI is InChI=1S/C11H18N2O2/c1-15-8-4-5-10(13)9(7-8)11(14)3-2-6-12/h4-5,7,11,14H,2-3,6,12-13H2,1H3. The van der Waals surface area contributed by atoms with Crippen LogP contribution in [0.2, 0.25) is 0 Å². The molecule has 0 aliphatic heterocycles. The van der Waals surface area contributed by atoms with Crippen molar-refractivity contribution in [1.82, 2.24) is 0 Å². The van der Waals surface area contributed by atoms with Crippen molar-refractivity contribution in [3.8, 4) is 5.75 Å². The minimum atomic E-state index is -0.566. The number of hydrogen-bond donors (Lipinski definition) is 3. The minimum absolute atomic E-state index is 0.566. The van der Waals surface area contributed by atoms with Crippen LogP contribution >= 0.6 is 0 Å². The van der Waals surface area contributed by atoms with Gasteiger partial charge in [0.15, 0.2) is 0 Å². The van der Waals surface area contributed by atoms with Gasteiger partial charge in [-0.25, -0.2) is 0 Å². The Morgan fingerprint density at radius 3 is 2.80 bits per heavy atom. The van der Waals surface area contributed by atoms with Crippen LogP contribution in [0.4, 0.5) is 5.69 Å². The van der Waals surface area contributed by atoms with Crippen molar-refractivity contribution in [2.24, 2.45) is 5.73 Å². The molecule has 0 heterocycles. The molecule has 0 spiro atoms. The normalized spacial score (nSPS) is 12.5. The monoisotopic (exact) mass is 210 g/mol. The first kappa shape index (κ1) is 11.8. The van der Waals surface area contributed by atoms with E-state index in [2.05, 4.69) is 0 Å². The number of nitrogen functional groups attached to an aromatic ring is 1. The van der Waals surface area contributed by atoms with Gasteiger partial charge in [0.25, 0.3) is 0 Å². The summed E-state index contributed by atoms with van der Waals surface area (Å²) in [5.74, 6) is 0.700. The molecule has 0 saturated heterocycles. The lowest BCUT2D eigenvalue weighted by Gasteiger charge is -2.14. The lowest BCUT2D eigenvalue weighted by Crippen LogP contribution is -2.06. The Morgan fingerprint density at radius 2 is 2.20 bits per heavy atom. The summed E-state index contributed by atoms with van der Waals surface area (Å²) in [4.78, 5) is 0. The molecule has 1 aromatic rings. The van der Waals surface area contributed by atoms with E-state index in [9.17, 15) is 5.11 Å². The molecule has 1 rings (SSSR count). The van der Waals surface area contributed by atoms with Gasteiger partial charge in [-0.2, -0.15) is 0 Å². The number of hydrogen-bond acceptors (Lipinski definition) is 4. The molecule has 84 valence electrons. The second-order valence-electron chi connectivity index (χ2n) is 3.44. The number of methoxy groups -OCH3 is 1. The molecule has 1 aromatic carbocycles. The average molecular weight is 210 g/mol. The first-order valence-corrected chi connectivity index (χ1v) is 5.00. The molecular weight excluding hydrogens is 192 g/mol. The van der Waals surface area contributed by atoms with E-state index < -0.39 is 6.10 Å². The quantitative estimate of drug-likeness (QED) is 0.634. The predicted octanol–water partition coefficient (Wildman–Crippen LogP) is 1.05. The van der Waals surface area contributed by atoms with E-state index in [0.717, 1.165) is 6.42 Å². The topological polar surface area (TPSA) is 81.5 Å². The van der Waals surface area contributed by atoms with Crippen molar-refractivity contribution in [2.45, 2.75) is 18.9 Å². The molecule has 0 bridgehead atoms. The van der Waals surface area contributed by atoms with Gasteiger partial charge in [-0.3, -0.25) is 0 Å². The Kier molecular flexibility index (Phi) is 4.39. The highest BCUT2D eigenvalue weighted by Crippen LogP contribution is 2.27. The molecule has 4 nitrogen and oxygen atoms in total. The van der Waals surface area contributed by atoms with Crippen molar-refractivity contribution in [2.75, 3.05) is 19.4 Å². The number of rotatable bonds is 5.